The third kappa shape index (κ3) is 4.87. The molecule has 0 spiro atoms. The molecule has 1 aromatic heterocycles. The molecule has 6 heteroatoms. The summed E-state index contributed by atoms with van der Waals surface area (Å²) in [7, 11) is 0. The summed E-state index contributed by atoms with van der Waals surface area (Å²) in [4.78, 5) is 27.4. The van der Waals surface area contributed by atoms with E-state index in [1.807, 2.05) is 24.3 Å². The van der Waals surface area contributed by atoms with Gasteiger partial charge in [-0.2, -0.15) is 0 Å². The molecule has 0 radical (unpaired) electrons. The van der Waals surface area contributed by atoms with Crippen molar-refractivity contribution in [1.29, 1.82) is 0 Å². The van der Waals surface area contributed by atoms with Gasteiger partial charge in [0.15, 0.2) is 0 Å². The van der Waals surface area contributed by atoms with E-state index in [-0.39, 0.29) is 11.1 Å². The van der Waals surface area contributed by atoms with Crippen molar-refractivity contribution >= 4 is 44.9 Å². The lowest BCUT2D eigenvalue weighted by Gasteiger charge is -2.13. The highest BCUT2D eigenvalue weighted by molar-refractivity contribution is 9.10. The molecule has 2 amide bonds. The van der Waals surface area contributed by atoms with E-state index in [0.717, 1.165) is 51.7 Å². The highest BCUT2D eigenvalue weighted by Gasteiger charge is 2.34. The monoisotopic (exact) mass is 522 g/mol. The molecule has 33 heavy (non-hydrogen) atoms. The van der Waals surface area contributed by atoms with Gasteiger partial charge in [0.2, 0.25) is 0 Å². The Morgan fingerprint density at radius 1 is 0.970 bits per heavy atom. The third-order valence-electron chi connectivity index (χ3n) is 6.00. The van der Waals surface area contributed by atoms with Crippen LogP contribution < -0.4 is 0 Å². The lowest BCUT2D eigenvalue weighted by molar-refractivity contribution is -0.122. The van der Waals surface area contributed by atoms with Crippen LogP contribution in [0.2, 0.25) is 0 Å². The molecule has 170 valence electrons. The van der Waals surface area contributed by atoms with Gasteiger partial charge >= 0.3 is 0 Å². The largest absolute Gasteiger partial charge is 0.318 e. The Morgan fingerprint density at radius 3 is 2.30 bits per heavy atom. The van der Waals surface area contributed by atoms with E-state index in [1.165, 1.54) is 21.6 Å². The molecular formula is C27H27BrN2O2S. The van der Waals surface area contributed by atoms with Crippen LogP contribution in [0.15, 0.2) is 57.9 Å². The number of aryl methyl sites for hydroxylation is 4. The maximum Gasteiger partial charge on any atom is 0.293 e. The third-order valence-corrected chi connectivity index (χ3v) is 8.16. The van der Waals surface area contributed by atoms with Gasteiger partial charge in [-0.05, 0) is 98.8 Å². The highest BCUT2D eigenvalue weighted by atomic mass is 79.9. The molecule has 0 N–H and O–H groups in total. The Labute approximate surface area is 207 Å². The summed E-state index contributed by atoms with van der Waals surface area (Å²) in [5.74, 6) is -0.196. The van der Waals surface area contributed by atoms with Crippen molar-refractivity contribution in [3.05, 3.63) is 91.6 Å². The molecule has 0 aliphatic carbocycles. The van der Waals surface area contributed by atoms with Crippen LogP contribution in [0, 0.1) is 27.7 Å². The molecule has 4 rings (SSSR count). The fourth-order valence-corrected chi connectivity index (χ4v) is 5.39. The topological polar surface area (TPSA) is 42.3 Å². The van der Waals surface area contributed by atoms with Crippen LogP contribution in [0.3, 0.4) is 0 Å². The number of halogens is 1. The van der Waals surface area contributed by atoms with Gasteiger partial charge in [-0.3, -0.25) is 14.5 Å². The van der Waals surface area contributed by atoms with Crippen LogP contribution in [-0.2, 0) is 11.2 Å². The zero-order valence-corrected chi connectivity index (χ0v) is 21.7. The lowest BCUT2D eigenvalue weighted by Crippen LogP contribution is -2.29. The summed E-state index contributed by atoms with van der Waals surface area (Å²) in [5, 5.41) is -0.188. The Kier molecular flexibility index (Phi) is 6.96. The Balaban J connectivity index is 1.54. The van der Waals surface area contributed by atoms with Crippen LogP contribution in [0.25, 0.3) is 11.8 Å². The zero-order valence-electron chi connectivity index (χ0n) is 19.3. The maximum absolute atomic E-state index is 13.0. The second kappa shape index (κ2) is 9.74. The number of thioether (sulfide) groups is 1. The first-order chi connectivity index (χ1) is 15.8. The summed E-state index contributed by atoms with van der Waals surface area (Å²) in [6.45, 7) is 8.72. The quantitative estimate of drug-likeness (QED) is 0.323. The standard InChI is InChI=1S/C27H27BrN2O2S/c1-17-13-23(14-18(2)25(17)28)30-19(3)15-22(20(30)4)16-24-26(31)29(27(32)33-24)12-8-11-21-9-6-5-7-10-21/h5-7,9-10,13-16H,8,11-12H2,1-4H3/b24-16-. The van der Waals surface area contributed by atoms with Crippen LogP contribution >= 0.6 is 27.7 Å². The molecule has 1 aliphatic heterocycles. The van der Waals surface area contributed by atoms with E-state index in [0.29, 0.717) is 11.4 Å². The highest BCUT2D eigenvalue weighted by Crippen LogP contribution is 2.34. The minimum Gasteiger partial charge on any atom is -0.318 e. The van der Waals surface area contributed by atoms with Gasteiger partial charge in [-0.15, -0.1) is 0 Å². The number of hydrogen-bond donors (Lipinski definition) is 0. The predicted molar refractivity (Wildman–Crippen MR) is 140 cm³/mol. The zero-order chi connectivity index (χ0) is 23.7. The van der Waals surface area contributed by atoms with Crippen molar-refractivity contribution in [3.63, 3.8) is 0 Å². The summed E-state index contributed by atoms with van der Waals surface area (Å²) >= 11 is 4.67. The summed E-state index contributed by atoms with van der Waals surface area (Å²) < 4.78 is 3.32. The minimum absolute atomic E-state index is 0.188. The van der Waals surface area contributed by atoms with Crippen LogP contribution in [-0.4, -0.2) is 27.2 Å². The van der Waals surface area contributed by atoms with Crippen LogP contribution in [0.1, 0.15) is 40.1 Å². The Hall–Kier alpha value is -2.57. The van der Waals surface area contributed by atoms with Crippen molar-refractivity contribution in [3.8, 4) is 5.69 Å². The lowest BCUT2D eigenvalue weighted by atomic mass is 10.1. The van der Waals surface area contributed by atoms with Gasteiger partial charge in [-0.1, -0.05) is 46.3 Å². The summed E-state index contributed by atoms with van der Waals surface area (Å²) in [5.41, 5.74) is 7.75. The molecule has 0 bridgehead atoms. The van der Waals surface area contributed by atoms with E-state index in [1.54, 1.807) is 0 Å². The van der Waals surface area contributed by atoms with E-state index >= 15 is 0 Å². The number of aromatic nitrogens is 1. The fourth-order valence-electron chi connectivity index (χ4n) is 4.30. The second-order valence-corrected chi connectivity index (χ2v) is 10.3. The smallest absolute Gasteiger partial charge is 0.293 e. The predicted octanol–water partition coefficient (Wildman–Crippen LogP) is 7.14. The SMILES string of the molecule is Cc1cc(-n2c(C)cc(/C=C3\SC(=O)N(CCCc4ccccc4)C3=O)c2C)cc(C)c1Br. The first kappa shape index (κ1) is 23.6. The van der Waals surface area contributed by atoms with Gasteiger partial charge in [-0.25, -0.2) is 0 Å². The molecule has 0 unspecified atom stereocenters. The number of benzene rings is 2. The van der Waals surface area contributed by atoms with Crippen molar-refractivity contribution in [2.45, 2.75) is 40.5 Å². The van der Waals surface area contributed by atoms with Gasteiger partial charge in [0.05, 0.1) is 4.91 Å². The van der Waals surface area contributed by atoms with Crippen molar-refractivity contribution in [2.24, 2.45) is 0 Å². The van der Waals surface area contributed by atoms with E-state index in [2.05, 4.69) is 78.5 Å². The molecule has 1 fully saturated rings. The number of carbonyl (C=O) groups is 2. The molecule has 2 aromatic carbocycles. The summed E-state index contributed by atoms with van der Waals surface area (Å²) in [6.07, 6.45) is 3.46. The fraction of sp³-hybridized carbons (Fsp3) is 0.259. The second-order valence-electron chi connectivity index (χ2n) is 8.48. The van der Waals surface area contributed by atoms with E-state index in [9.17, 15) is 9.59 Å². The van der Waals surface area contributed by atoms with Crippen LogP contribution in [0.5, 0.6) is 0 Å². The van der Waals surface area contributed by atoms with Gasteiger partial charge in [0, 0.05) is 28.1 Å². The molecule has 1 saturated heterocycles. The number of nitrogens with zero attached hydrogens (tertiary/aromatic N) is 2. The molecule has 2 heterocycles. The van der Waals surface area contributed by atoms with Crippen molar-refractivity contribution in [2.75, 3.05) is 6.54 Å². The molecule has 4 nitrogen and oxygen atoms in total. The molecular weight excluding hydrogens is 496 g/mol. The summed E-state index contributed by atoms with van der Waals surface area (Å²) in [6, 6.07) is 16.5. The van der Waals surface area contributed by atoms with Gasteiger partial charge in [0.1, 0.15) is 0 Å². The molecule has 1 aliphatic rings. The molecule has 3 aromatic rings. The van der Waals surface area contributed by atoms with E-state index in [4.69, 9.17) is 0 Å². The number of hydrogen-bond acceptors (Lipinski definition) is 3. The molecule has 0 atom stereocenters. The average molecular weight is 523 g/mol. The Morgan fingerprint density at radius 2 is 1.64 bits per heavy atom. The van der Waals surface area contributed by atoms with E-state index < -0.39 is 0 Å². The number of imide groups is 1. The average Bonchev–Trinajstić information content (AvgIpc) is 3.21. The molecule has 0 saturated carbocycles. The first-order valence-corrected chi connectivity index (χ1v) is 12.6. The number of rotatable bonds is 6. The van der Waals surface area contributed by atoms with Gasteiger partial charge < -0.3 is 4.57 Å². The number of amides is 2. The maximum atomic E-state index is 13.0. The Bertz CT molecular complexity index is 1240. The van der Waals surface area contributed by atoms with Crippen molar-refractivity contribution in [1.82, 2.24) is 9.47 Å². The first-order valence-electron chi connectivity index (χ1n) is 11.0. The number of carbonyl (C=O) groups excluding carboxylic acids is 2. The minimum atomic E-state index is -0.196. The van der Waals surface area contributed by atoms with Crippen LogP contribution in [0.4, 0.5) is 4.79 Å². The van der Waals surface area contributed by atoms with Gasteiger partial charge in [0.25, 0.3) is 11.1 Å². The normalized spacial score (nSPS) is 15.2. The van der Waals surface area contributed by atoms with Crippen molar-refractivity contribution < 1.29 is 9.59 Å².